The number of benzene rings is 1. The molecule has 0 atom stereocenters. The second kappa shape index (κ2) is 5.49. The lowest BCUT2D eigenvalue weighted by Gasteiger charge is -2.12. The Morgan fingerprint density at radius 2 is 2.22 bits per heavy atom. The first-order valence-corrected chi connectivity index (χ1v) is 5.87. The van der Waals surface area contributed by atoms with E-state index in [9.17, 15) is 4.79 Å². The third kappa shape index (κ3) is 2.59. The molecule has 18 heavy (non-hydrogen) atoms. The van der Waals surface area contributed by atoms with Crippen molar-refractivity contribution in [2.75, 3.05) is 6.61 Å². The van der Waals surface area contributed by atoms with Crippen molar-refractivity contribution in [3.63, 3.8) is 0 Å². The number of aryl methyl sites for hydroxylation is 2. The van der Waals surface area contributed by atoms with Crippen LogP contribution in [0.1, 0.15) is 21.7 Å². The van der Waals surface area contributed by atoms with Crippen LogP contribution < -0.4 is 4.74 Å². The molecule has 0 radical (unpaired) electrons. The van der Waals surface area contributed by atoms with Gasteiger partial charge in [-0.3, -0.25) is 4.79 Å². The summed E-state index contributed by atoms with van der Waals surface area (Å²) in [6.45, 7) is 5.12. The third-order valence-corrected chi connectivity index (χ3v) is 2.87. The highest BCUT2D eigenvalue weighted by Crippen LogP contribution is 2.21. The molecule has 0 N–H and O–H groups in total. The topological polar surface area (TPSA) is 44.1 Å². The number of carbonyl (C=O) groups is 1. The van der Waals surface area contributed by atoms with E-state index in [2.05, 4.69) is 4.98 Å². The Labute approximate surface area is 106 Å². The Bertz CT molecular complexity index is 546. The number of imidazole rings is 1. The fraction of sp³-hybridized carbons (Fsp3) is 0.286. The number of aromatic nitrogens is 2. The van der Waals surface area contributed by atoms with Gasteiger partial charge in [0.05, 0.1) is 12.1 Å². The maximum Gasteiger partial charge on any atom is 0.153 e. The van der Waals surface area contributed by atoms with Gasteiger partial charge in [0.25, 0.3) is 0 Å². The van der Waals surface area contributed by atoms with Gasteiger partial charge in [-0.25, -0.2) is 4.98 Å². The molecule has 1 heterocycles. The van der Waals surface area contributed by atoms with Crippen LogP contribution in [0.5, 0.6) is 5.75 Å². The summed E-state index contributed by atoms with van der Waals surface area (Å²) in [6, 6.07) is 5.55. The van der Waals surface area contributed by atoms with E-state index in [1.807, 2.05) is 36.7 Å². The van der Waals surface area contributed by atoms with Crippen LogP contribution in [0.2, 0.25) is 0 Å². The van der Waals surface area contributed by atoms with E-state index in [-0.39, 0.29) is 0 Å². The Balaban J connectivity index is 2.02. The van der Waals surface area contributed by atoms with Crippen LogP contribution in [0, 0.1) is 13.8 Å². The Morgan fingerprint density at radius 3 is 2.89 bits per heavy atom. The molecule has 2 rings (SSSR count). The van der Waals surface area contributed by atoms with Crippen molar-refractivity contribution in [3.05, 3.63) is 47.5 Å². The quantitative estimate of drug-likeness (QED) is 0.758. The molecule has 0 amide bonds. The lowest BCUT2D eigenvalue weighted by Crippen LogP contribution is -2.10. The SMILES string of the molecule is Cc1cccc(C=O)c1OCCn1ccnc1C. The molecule has 2 aromatic rings. The zero-order valence-electron chi connectivity index (χ0n) is 10.6. The van der Waals surface area contributed by atoms with Crippen LogP contribution in [0.15, 0.2) is 30.6 Å². The van der Waals surface area contributed by atoms with Crippen molar-refractivity contribution in [2.45, 2.75) is 20.4 Å². The zero-order chi connectivity index (χ0) is 13.0. The van der Waals surface area contributed by atoms with Gasteiger partial charge in [0.2, 0.25) is 0 Å². The van der Waals surface area contributed by atoms with E-state index in [4.69, 9.17) is 4.74 Å². The van der Waals surface area contributed by atoms with Crippen molar-refractivity contribution in [1.29, 1.82) is 0 Å². The Hall–Kier alpha value is -2.10. The summed E-state index contributed by atoms with van der Waals surface area (Å²) >= 11 is 0. The van der Waals surface area contributed by atoms with Crippen LogP contribution in [0.4, 0.5) is 0 Å². The van der Waals surface area contributed by atoms with Gasteiger partial charge < -0.3 is 9.30 Å². The number of para-hydroxylation sites is 1. The van der Waals surface area contributed by atoms with Crippen LogP contribution >= 0.6 is 0 Å². The molecule has 0 unspecified atom stereocenters. The molecule has 4 heteroatoms. The molecule has 0 aliphatic rings. The normalized spacial score (nSPS) is 10.3. The number of carbonyl (C=O) groups excluding carboxylic acids is 1. The molecule has 1 aromatic carbocycles. The van der Waals surface area contributed by atoms with Crippen LogP contribution in [-0.2, 0) is 6.54 Å². The third-order valence-electron chi connectivity index (χ3n) is 2.87. The summed E-state index contributed by atoms with van der Waals surface area (Å²) in [5.41, 5.74) is 1.57. The predicted octanol–water partition coefficient (Wildman–Crippen LogP) is 2.39. The largest absolute Gasteiger partial charge is 0.491 e. The molecule has 0 saturated heterocycles. The van der Waals surface area contributed by atoms with Crippen molar-refractivity contribution in [1.82, 2.24) is 9.55 Å². The maximum absolute atomic E-state index is 10.9. The molecule has 0 bridgehead atoms. The molecule has 0 aliphatic carbocycles. The fourth-order valence-corrected chi connectivity index (χ4v) is 1.85. The molecule has 0 saturated carbocycles. The highest BCUT2D eigenvalue weighted by Gasteiger charge is 2.06. The number of hydrogen-bond acceptors (Lipinski definition) is 3. The first-order chi connectivity index (χ1) is 8.72. The Kier molecular flexibility index (Phi) is 3.77. The number of rotatable bonds is 5. The Morgan fingerprint density at radius 1 is 1.39 bits per heavy atom. The first kappa shape index (κ1) is 12.4. The van der Waals surface area contributed by atoms with E-state index in [0.717, 1.165) is 24.2 Å². The number of aldehydes is 1. The van der Waals surface area contributed by atoms with E-state index < -0.39 is 0 Å². The lowest BCUT2D eigenvalue weighted by atomic mass is 10.1. The minimum absolute atomic E-state index is 0.517. The van der Waals surface area contributed by atoms with Crippen molar-refractivity contribution in [2.24, 2.45) is 0 Å². The van der Waals surface area contributed by atoms with Gasteiger partial charge >= 0.3 is 0 Å². The molecule has 4 nitrogen and oxygen atoms in total. The van der Waals surface area contributed by atoms with Crippen LogP contribution in [-0.4, -0.2) is 22.4 Å². The summed E-state index contributed by atoms with van der Waals surface area (Å²) < 4.78 is 7.72. The highest BCUT2D eigenvalue weighted by atomic mass is 16.5. The fourth-order valence-electron chi connectivity index (χ4n) is 1.85. The van der Waals surface area contributed by atoms with Gasteiger partial charge in [-0.15, -0.1) is 0 Å². The van der Waals surface area contributed by atoms with Crippen LogP contribution in [0.3, 0.4) is 0 Å². The van der Waals surface area contributed by atoms with Crippen LogP contribution in [0.25, 0.3) is 0 Å². The second-order valence-corrected chi connectivity index (χ2v) is 4.13. The maximum atomic E-state index is 10.9. The smallest absolute Gasteiger partial charge is 0.153 e. The standard InChI is InChI=1S/C14H16N2O2/c1-11-4-3-5-13(10-17)14(11)18-9-8-16-7-6-15-12(16)2/h3-7,10H,8-9H2,1-2H3. The van der Waals surface area contributed by atoms with E-state index in [1.54, 1.807) is 12.3 Å². The van der Waals surface area contributed by atoms with Gasteiger partial charge in [0.1, 0.15) is 18.2 Å². The number of ether oxygens (including phenoxy) is 1. The second-order valence-electron chi connectivity index (χ2n) is 4.13. The van der Waals surface area contributed by atoms with Crippen molar-refractivity contribution in [3.8, 4) is 5.75 Å². The minimum atomic E-state index is 0.517. The van der Waals surface area contributed by atoms with E-state index in [1.165, 1.54) is 0 Å². The average Bonchev–Trinajstić information content (AvgIpc) is 2.77. The predicted molar refractivity (Wildman–Crippen MR) is 69.0 cm³/mol. The van der Waals surface area contributed by atoms with Gasteiger partial charge in [-0.1, -0.05) is 12.1 Å². The molecular weight excluding hydrogens is 228 g/mol. The zero-order valence-corrected chi connectivity index (χ0v) is 10.6. The van der Waals surface area contributed by atoms with Gasteiger partial charge in [0.15, 0.2) is 6.29 Å². The summed E-state index contributed by atoms with van der Waals surface area (Å²) in [4.78, 5) is 15.1. The summed E-state index contributed by atoms with van der Waals surface area (Å²) in [5.74, 6) is 1.63. The summed E-state index contributed by atoms with van der Waals surface area (Å²) in [6.07, 6.45) is 4.50. The molecule has 0 spiro atoms. The van der Waals surface area contributed by atoms with Crippen molar-refractivity contribution < 1.29 is 9.53 Å². The van der Waals surface area contributed by atoms with Gasteiger partial charge in [0, 0.05) is 12.4 Å². The van der Waals surface area contributed by atoms with Crippen molar-refractivity contribution >= 4 is 6.29 Å². The van der Waals surface area contributed by atoms with E-state index >= 15 is 0 Å². The molecule has 94 valence electrons. The molecular formula is C14H16N2O2. The molecule has 0 fully saturated rings. The first-order valence-electron chi connectivity index (χ1n) is 5.87. The lowest BCUT2D eigenvalue weighted by molar-refractivity contribution is 0.111. The summed E-state index contributed by atoms with van der Waals surface area (Å²) in [7, 11) is 0. The highest BCUT2D eigenvalue weighted by molar-refractivity contribution is 5.80. The number of nitrogens with zero attached hydrogens (tertiary/aromatic N) is 2. The average molecular weight is 244 g/mol. The minimum Gasteiger partial charge on any atom is -0.491 e. The van der Waals surface area contributed by atoms with Gasteiger partial charge in [-0.05, 0) is 25.5 Å². The van der Waals surface area contributed by atoms with Gasteiger partial charge in [-0.2, -0.15) is 0 Å². The monoisotopic (exact) mass is 244 g/mol. The van der Waals surface area contributed by atoms with E-state index in [0.29, 0.717) is 17.9 Å². The number of hydrogen-bond donors (Lipinski definition) is 0. The molecule has 0 aliphatic heterocycles. The summed E-state index contributed by atoms with van der Waals surface area (Å²) in [5, 5.41) is 0. The molecule has 1 aromatic heterocycles.